The summed E-state index contributed by atoms with van der Waals surface area (Å²) in [6.07, 6.45) is 9.64. The van der Waals surface area contributed by atoms with Gasteiger partial charge in [-0.3, -0.25) is 0 Å². The quantitative estimate of drug-likeness (QED) is 0.486. The molecular formula is C13H30. The van der Waals surface area contributed by atoms with Crippen LogP contribution in [0.1, 0.15) is 79.6 Å². The molecule has 0 spiro atoms. The molecule has 0 heterocycles. The van der Waals surface area contributed by atoms with Gasteiger partial charge in [-0.2, -0.15) is 0 Å². The maximum absolute atomic E-state index is 2.34. The largest absolute Gasteiger partial charge is 0.0654 e. The van der Waals surface area contributed by atoms with E-state index in [1.807, 2.05) is 0 Å². The van der Waals surface area contributed by atoms with Gasteiger partial charge in [0.1, 0.15) is 0 Å². The van der Waals surface area contributed by atoms with Gasteiger partial charge in [0.25, 0.3) is 0 Å². The Morgan fingerprint density at radius 1 is 0.769 bits per heavy atom. The van der Waals surface area contributed by atoms with Gasteiger partial charge in [-0.25, -0.2) is 0 Å². The van der Waals surface area contributed by atoms with Crippen LogP contribution in [0.3, 0.4) is 0 Å². The summed E-state index contributed by atoms with van der Waals surface area (Å²) >= 11 is 0. The third-order valence-corrected chi connectivity index (χ3v) is 2.50. The van der Waals surface area contributed by atoms with Crippen LogP contribution in [0.25, 0.3) is 0 Å². The number of hydrogen-bond acceptors (Lipinski definition) is 0. The fourth-order valence-corrected chi connectivity index (χ4v) is 0.947. The van der Waals surface area contributed by atoms with E-state index in [-0.39, 0.29) is 0 Å². The standard InChI is InChI=1S/C9H20.C4H10/c1-4-6-7-8-9(3)5-2;1-3-4-2/h9H,4-8H2,1-3H3;3-4H2,1-2H3. The van der Waals surface area contributed by atoms with Crippen LogP contribution in [0.15, 0.2) is 0 Å². The topological polar surface area (TPSA) is 0 Å². The zero-order valence-electron chi connectivity index (χ0n) is 10.5. The molecule has 0 heteroatoms. The number of hydrogen-bond donors (Lipinski definition) is 0. The minimum atomic E-state index is 0.955. The van der Waals surface area contributed by atoms with Gasteiger partial charge in [0.05, 0.1) is 0 Å². The Morgan fingerprint density at radius 2 is 1.31 bits per heavy atom. The van der Waals surface area contributed by atoms with Crippen molar-refractivity contribution in [2.75, 3.05) is 0 Å². The van der Waals surface area contributed by atoms with E-state index in [0.29, 0.717) is 0 Å². The average molecular weight is 186 g/mol. The van der Waals surface area contributed by atoms with E-state index in [1.165, 1.54) is 44.9 Å². The third kappa shape index (κ3) is 18.8. The number of rotatable bonds is 6. The molecule has 0 aliphatic heterocycles. The Kier molecular flexibility index (Phi) is 17.3. The summed E-state index contributed by atoms with van der Waals surface area (Å²) in [4.78, 5) is 0. The molecule has 1 atom stereocenters. The second-order valence-electron chi connectivity index (χ2n) is 4.01. The predicted molar refractivity (Wildman–Crippen MR) is 64.2 cm³/mol. The predicted octanol–water partition coefficient (Wildman–Crippen LogP) is 5.42. The zero-order valence-corrected chi connectivity index (χ0v) is 10.5. The summed E-state index contributed by atoms with van der Waals surface area (Å²) < 4.78 is 0. The Balaban J connectivity index is 0. The first kappa shape index (κ1) is 15.5. The van der Waals surface area contributed by atoms with Gasteiger partial charge < -0.3 is 0 Å². The van der Waals surface area contributed by atoms with Crippen LogP contribution in [0.2, 0.25) is 0 Å². The maximum Gasteiger partial charge on any atom is -0.0445 e. The van der Waals surface area contributed by atoms with E-state index in [0.717, 1.165) is 5.92 Å². The fourth-order valence-electron chi connectivity index (χ4n) is 0.947. The van der Waals surface area contributed by atoms with Gasteiger partial charge in [0.15, 0.2) is 0 Å². The smallest absolute Gasteiger partial charge is 0.0445 e. The van der Waals surface area contributed by atoms with Crippen LogP contribution >= 0.6 is 0 Å². The van der Waals surface area contributed by atoms with E-state index >= 15 is 0 Å². The molecule has 0 nitrogen and oxygen atoms in total. The maximum atomic E-state index is 2.34. The summed E-state index contributed by atoms with van der Waals surface area (Å²) in [5, 5.41) is 0. The molecule has 0 aliphatic rings. The van der Waals surface area contributed by atoms with Crippen molar-refractivity contribution in [2.24, 2.45) is 5.92 Å². The van der Waals surface area contributed by atoms with Crippen LogP contribution < -0.4 is 0 Å². The molecular weight excluding hydrogens is 156 g/mol. The molecule has 0 fully saturated rings. The van der Waals surface area contributed by atoms with Crippen molar-refractivity contribution in [3.05, 3.63) is 0 Å². The highest BCUT2D eigenvalue weighted by molar-refractivity contribution is 4.49. The van der Waals surface area contributed by atoms with E-state index in [2.05, 4.69) is 34.6 Å². The van der Waals surface area contributed by atoms with E-state index in [9.17, 15) is 0 Å². The molecule has 0 aromatic carbocycles. The fraction of sp³-hybridized carbons (Fsp3) is 1.00. The Morgan fingerprint density at radius 3 is 1.62 bits per heavy atom. The number of unbranched alkanes of at least 4 members (excludes halogenated alkanes) is 3. The molecule has 13 heavy (non-hydrogen) atoms. The van der Waals surface area contributed by atoms with Gasteiger partial charge in [-0.1, -0.05) is 79.6 Å². The van der Waals surface area contributed by atoms with E-state index in [4.69, 9.17) is 0 Å². The molecule has 0 amide bonds. The zero-order chi connectivity index (χ0) is 10.5. The van der Waals surface area contributed by atoms with Gasteiger partial charge in [0.2, 0.25) is 0 Å². The molecule has 0 radical (unpaired) electrons. The first-order valence-electron chi connectivity index (χ1n) is 6.22. The summed E-state index contributed by atoms with van der Waals surface area (Å²) in [6.45, 7) is 11.2. The van der Waals surface area contributed by atoms with Crippen molar-refractivity contribution in [1.82, 2.24) is 0 Å². The van der Waals surface area contributed by atoms with Crippen molar-refractivity contribution in [3.8, 4) is 0 Å². The van der Waals surface area contributed by atoms with Crippen molar-refractivity contribution >= 4 is 0 Å². The van der Waals surface area contributed by atoms with Gasteiger partial charge in [0, 0.05) is 0 Å². The molecule has 0 aromatic heterocycles. The molecule has 82 valence electrons. The van der Waals surface area contributed by atoms with E-state index < -0.39 is 0 Å². The molecule has 0 saturated heterocycles. The summed E-state index contributed by atoms with van der Waals surface area (Å²) in [5.41, 5.74) is 0. The summed E-state index contributed by atoms with van der Waals surface area (Å²) in [6, 6.07) is 0. The molecule has 0 rings (SSSR count). The van der Waals surface area contributed by atoms with Crippen molar-refractivity contribution in [3.63, 3.8) is 0 Å². The second kappa shape index (κ2) is 14.5. The molecule has 0 aromatic rings. The Hall–Kier alpha value is 0. The van der Waals surface area contributed by atoms with E-state index in [1.54, 1.807) is 0 Å². The highest BCUT2D eigenvalue weighted by Crippen LogP contribution is 2.11. The second-order valence-corrected chi connectivity index (χ2v) is 4.01. The lowest BCUT2D eigenvalue weighted by Crippen LogP contribution is -1.90. The summed E-state index contributed by atoms with van der Waals surface area (Å²) in [5.74, 6) is 0.955. The van der Waals surface area contributed by atoms with Crippen molar-refractivity contribution in [1.29, 1.82) is 0 Å². The Labute approximate surface area is 86.1 Å². The van der Waals surface area contributed by atoms with Crippen LogP contribution in [0, 0.1) is 5.92 Å². The SMILES string of the molecule is CCCC.CCCCCC(C)CC. The molecule has 1 unspecified atom stereocenters. The van der Waals surface area contributed by atoms with Crippen LogP contribution in [0.4, 0.5) is 0 Å². The van der Waals surface area contributed by atoms with Crippen LogP contribution in [0.5, 0.6) is 0 Å². The molecule has 0 aliphatic carbocycles. The van der Waals surface area contributed by atoms with Crippen LogP contribution in [-0.2, 0) is 0 Å². The van der Waals surface area contributed by atoms with Gasteiger partial charge >= 0.3 is 0 Å². The first-order chi connectivity index (χ1) is 6.22. The average Bonchev–Trinajstić information content (AvgIpc) is 2.18. The third-order valence-electron chi connectivity index (χ3n) is 2.50. The molecule has 0 bridgehead atoms. The van der Waals surface area contributed by atoms with Crippen LogP contribution in [-0.4, -0.2) is 0 Å². The lowest BCUT2D eigenvalue weighted by molar-refractivity contribution is 0.482. The highest BCUT2D eigenvalue weighted by Gasteiger charge is 1.95. The normalized spacial score (nSPS) is 11.8. The minimum absolute atomic E-state index is 0.955. The summed E-state index contributed by atoms with van der Waals surface area (Å²) in [7, 11) is 0. The first-order valence-corrected chi connectivity index (χ1v) is 6.22. The lowest BCUT2D eigenvalue weighted by atomic mass is 10.0. The highest BCUT2D eigenvalue weighted by atomic mass is 14.0. The monoisotopic (exact) mass is 186 g/mol. The molecule has 0 N–H and O–H groups in total. The van der Waals surface area contributed by atoms with Gasteiger partial charge in [-0.15, -0.1) is 0 Å². The minimum Gasteiger partial charge on any atom is -0.0654 e. The van der Waals surface area contributed by atoms with Gasteiger partial charge in [-0.05, 0) is 5.92 Å². The molecule has 0 saturated carbocycles. The van der Waals surface area contributed by atoms with Crippen molar-refractivity contribution < 1.29 is 0 Å². The van der Waals surface area contributed by atoms with Crippen molar-refractivity contribution in [2.45, 2.75) is 79.6 Å². The Bertz CT molecular complexity index is 64.4. The lowest BCUT2D eigenvalue weighted by Gasteiger charge is -2.05.